The Morgan fingerprint density at radius 1 is 0.258 bits per heavy atom. The van der Waals surface area contributed by atoms with Crippen LogP contribution in [-0.2, 0) is 0 Å². The maximum absolute atomic E-state index is 16.9. The lowest BCUT2D eigenvalue weighted by atomic mass is 9.91. The monoisotopic (exact) mass is 860 g/mol. The molecular formula is C60H36F4N2. The molecular weight excluding hydrogens is 825 g/mol. The van der Waals surface area contributed by atoms with Crippen molar-refractivity contribution in [3.8, 4) is 22.3 Å². The minimum absolute atomic E-state index is 0.0545. The lowest BCUT2D eigenvalue weighted by molar-refractivity contribution is 0.604. The van der Waals surface area contributed by atoms with Crippen LogP contribution < -0.4 is 9.80 Å². The lowest BCUT2D eigenvalue weighted by Gasteiger charge is -2.30. The van der Waals surface area contributed by atoms with Crippen molar-refractivity contribution in [3.05, 3.63) is 242 Å². The molecule has 0 bridgehead atoms. The van der Waals surface area contributed by atoms with E-state index in [2.05, 4.69) is 0 Å². The molecule has 0 amide bonds. The highest BCUT2D eigenvalue weighted by Gasteiger charge is 2.26. The molecule has 0 radical (unpaired) electrons. The summed E-state index contributed by atoms with van der Waals surface area (Å²) in [5.41, 5.74) is 4.17. The fourth-order valence-corrected chi connectivity index (χ4v) is 9.70. The topological polar surface area (TPSA) is 6.48 Å². The van der Waals surface area contributed by atoms with Crippen molar-refractivity contribution in [2.45, 2.75) is 0 Å². The maximum Gasteiger partial charge on any atom is 0.148 e. The van der Waals surface area contributed by atoms with Gasteiger partial charge in [-0.3, -0.25) is 0 Å². The third-order valence-corrected chi connectivity index (χ3v) is 12.8. The van der Waals surface area contributed by atoms with E-state index in [1.165, 1.54) is 24.3 Å². The number of para-hydroxylation sites is 2. The summed E-state index contributed by atoms with van der Waals surface area (Å²) in [4.78, 5) is 3.53. The van der Waals surface area contributed by atoms with Gasteiger partial charge in [-0.05, 0) is 115 Å². The third-order valence-electron chi connectivity index (χ3n) is 12.8. The third kappa shape index (κ3) is 6.49. The summed E-state index contributed by atoms with van der Waals surface area (Å²) in [6.07, 6.45) is 0. The number of rotatable bonds is 8. The summed E-state index contributed by atoms with van der Waals surface area (Å²) in [5, 5.41) is 9.13. The molecule has 6 heteroatoms. The average molecular weight is 861 g/mol. The lowest BCUT2D eigenvalue weighted by Crippen LogP contribution is -2.14. The molecule has 0 aromatic heterocycles. The fraction of sp³-hybridized carbons (Fsp3) is 0. The number of benzene rings is 12. The molecule has 12 rings (SSSR count). The Morgan fingerprint density at radius 3 is 1.05 bits per heavy atom. The Morgan fingerprint density at radius 2 is 0.621 bits per heavy atom. The highest BCUT2D eigenvalue weighted by Crippen LogP contribution is 2.49. The van der Waals surface area contributed by atoms with Gasteiger partial charge in [0.15, 0.2) is 0 Å². The standard InChI is InChI=1S/C60H36F4N2/c61-51-35-57(53(63)33-49(51)43-21-19-37-11-7-9-13-41(37)31-43)65(45-15-3-1-4-16-45)55-29-25-39-24-28-48-56(30-26-40-23-27-47(55)59(39)60(40)48)66(46-17-5-2-6-18-46)58-36-52(62)50(34-54(58)64)44-22-20-38-12-8-10-14-42(38)32-44/h1-36H. The summed E-state index contributed by atoms with van der Waals surface area (Å²) in [5.74, 6) is -2.29. The Labute approximate surface area is 377 Å². The molecule has 0 spiro atoms. The number of hydrogen-bond donors (Lipinski definition) is 0. The van der Waals surface area contributed by atoms with Crippen LogP contribution in [0.3, 0.4) is 0 Å². The van der Waals surface area contributed by atoms with E-state index in [4.69, 9.17) is 0 Å². The minimum atomic E-state index is -0.587. The SMILES string of the molecule is Fc1cc(N(c2ccccc2)c2ccc3ccc4c(N(c5ccccc5)c5cc(F)c(-c6ccc7ccccc7c6)cc5F)ccc5ccc2c3c54)c(F)cc1-c1ccc2ccccc2c1. The van der Waals surface area contributed by atoms with Crippen LogP contribution in [0.2, 0.25) is 0 Å². The van der Waals surface area contributed by atoms with Gasteiger partial charge in [0, 0.05) is 45.4 Å². The number of halogens is 4. The van der Waals surface area contributed by atoms with Crippen molar-refractivity contribution in [2.75, 3.05) is 9.80 Å². The average Bonchev–Trinajstić information content (AvgIpc) is 3.36. The smallest absolute Gasteiger partial charge is 0.148 e. The van der Waals surface area contributed by atoms with E-state index in [1.807, 2.05) is 194 Å². The summed E-state index contributed by atoms with van der Waals surface area (Å²) >= 11 is 0. The largest absolute Gasteiger partial charge is 0.307 e. The molecule has 0 aliphatic heterocycles. The van der Waals surface area contributed by atoms with Crippen molar-refractivity contribution in [2.24, 2.45) is 0 Å². The molecule has 0 aliphatic rings. The van der Waals surface area contributed by atoms with Gasteiger partial charge in [-0.25, -0.2) is 17.6 Å². The molecule has 314 valence electrons. The molecule has 0 unspecified atom stereocenters. The van der Waals surface area contributed by atoms with Gasteiger partial charge in [-0.1, -0.05) is 146 Å². The second kappa shape index (κ2) is 15.6. The zero-order valence-electron chi connectivity index (χ0n) is 35.2. The zero-order chi connectivity index (χ0) is 44.5. The van der Waals surface area contributed by atoms with Gasteiger partial charge in [0.25, 0.3) is 0 Å². The van der Waals surface area contributed by atoms with Crippen molar-refractivity contribution >= 4 is 88.0 Å². The summed E-state index contributed by atoms with van der Waals surface area (Å²) in [6, 6.07) is 66.7. The molecule has 0 fully saturated rings. The highest BCUT2D eigenvalue weighted by atomic mass is 19.1. The van der Waals surface area contributed by atoms with E-state index in [0.29, 0.717) is 33.9 Å². The van der Waals surface area contributed by atoms with Crippen molar-refractivity contribution < 1.29 is 17.6 Å². The van der Waals surface area contributed by atoms with Crippen LogP contribution in [0.15, 0.2) is 218 Å². The quantitative estimate of drug-likeness (QED) is 0.111. The summed E-state index contributed by atoms with van der Waals surface area (Å²) < 4.78 is 66.8. The van der Waals surface area contributed by atoms with E-state index in [1.54, 1.807) is 9.80 Å². The molecule has 0 aliphatic carbocycles. The summed E-state index contributed by atoms with van der Waals surface area (Å²) in [7, 11) is 0. The van der Waals surface area contributed by atoms with Gasteiger partial charge in [0.1, 0.15) is 23.3 Å². The first-order chi connectivity index (χ1) is 32.4. The molecule has 0 heterocycles. The van der Waals surface area contributed by atoms with Crippen molar-refractivity contribution in [1.29, 1.82) is 0 Å². The van der Waals surface area contributed by atoms with Gasteiger partial charge < -0.3 is 9.80 Å². The van der Waals surface area contributed by atoms with Gasteiger partial charge in [-0.2, -0.15) is 0 Å². The van der Waals surface area contributed by atoms with E-state index >= 15 is 17.6 Å². The zero-order valence-corrected chi connectivity index (χ0v) is 35.2. The van der Waals surface area contributed by atoms with Gasteiger partial charge in [0.05, 0.1) is 22.7 Å². The molecule has 12 aromatic rings. The van der Waals surface area contributed by atoms with Crippen LogP contribution in [0.1, 0.15) is 0 Å². The van der Waals surface area contributed by atoms with E-state index in [0.717, 1.165) is 53.9 Å². The molecule has 66 heavy (non-hydrogen) atoms. The highest BCUT2D eigenvalue weighted by molar-refractivity contribution is 6.28. The van der Waals surface area contributed by atoms with Crippen LogP contribution in [0.5, 0.6) is 0 Å². The Kier molecular flexibility index (Phi) is 9.28. The molecule has 0 saturated carbocycles. The second-order valence-electron chi connectivity index (χ2n) is 16.6. The Bertz CT molecular complexity index is 3580. The molecule has 0 atom stereocenters. The van der Waals surface area contributed by atoms with Crippen LogP contribution in [-0.4, -0.2) is 0 Å². The van der Waals surface area contributed by atoms with E-state index in [-0.39, 0.29) is 22.5 Å². The predicted molar refractivity (Wildman–Crippen MR) is 265 cm³/mol. The normalized spacial score (nSPS) is 11.6. The first-order valence-electron chi connectivity index (χ1n) is 21.8. The number of hydrogen-bond acceptors (Lipinski definition) is 2. The van der Waals surface area contributed by atoms with Crippen molar-refractivity contribution in [1.82, 2.24) is 0 Å². The van der Waals surface area contributed by atoms with Crippen LogP contribution >= 0.6 is 0 Å². The van der Waals surface area contributed by atoms with E-state index in [9.17, 15) is 0 Å². The minimum Gasteiger partial charge on any atom is -0.307 e. The fourth-order valence-electron chi connectivity index (χ4n) is 9.70. The Hall–Kier alpha value is -8.48. The molecule has 0 N–H and O–H groups in total. The van der Waals surface area contributed by atoms with Gasteiger partial charge >= 0.3 is 0 Å². The van der Waals surface area contributed by atoms with Crippen LogP contribution in [0.4, 0.5) is 51.7 Å². The first kappa shape index (κ1) is 39.1. The summed E-state index contributed by atoms with van der Waals surface area (Å²) in [6.45, 7) is 0. The molecule has 12 aromatic carbocycles. The van der Waals surface area contributed by atoms with Gasteiger partial charge in [0.2, 0.25) is 0 Å². The number of fused-ring (bicyclic) bond motifs is 2. The first-order valence-corrected chi connectivity index (χ1v) is 21.8. The number of anilines is 6. The molecule has 0 saturated heterocycles. The predicted octanol–water partition coefficient (Wildman–Crippen LogP) is 17.7. The second-order valence-corrected chi connectivity index (χ2v) is 16.6. The maximum atomic E-state index is 16.9. The van der Waals surface area contributed by atoms with Crippen molar-refractivity contribution in [3.63, 3.8) is 0 Å². The van der Waals surface area contributed by atoms with Crippen LogP contribution in [0, 0.1) is 23.3 Å². The molecule has 2 nitrogen and oxygen atoms in total. The van der Waals surface area contributed by atoms with Crippen LogP contribution in [0.25, 0.3) is 76.1 Å². The van der Waals surface area contributed by atoms with Gasteiger partial charge in [-0.15, -0.1) is 0 Å². The number of nitrogens with zero attached hydrogens (tertiary/aromatic N) is 2. The Balaban J connectivity index is 1.03. The van der Waals surface area contributed by atoms with E-state index < -0.39 is 23.3 Å².